The van der Waals surface area contributed by atoms with Crippen LogP contribution >= 0.6 is 0 Å². The van der Waals surface area contributed by atoms with Crippen molar-refractivity contribution in [3.63, 3.8) is 0 Å². The lowest BCUT2D eigenvalue weighted by molar-refractivity contribution is -0.299. The molecule has 0 aromatic heterocycles. The van der Waals surface area contributed by atoms with Gasteiger partial charge in [-0.2, -0.15) is 0 Å². The molecule has 0 bridgehead atoms. The van der Waals surface area contributed by atoms with Crippen LogP contribution in [0.15, 0.2) is 22.8 Å². The topological polar surface area (TPSA) is 163 Å². The first-order chi connectivity index (χ1) is 14.6. The quantitative estimate of drug-likeness (QED) is 0.315. The Morgan fingerprint density at radius 2 is 1.81 bits per heavy atom. The Hall–Kier alpha value is -1.66. The molecule has 0 spiro atoms. The molecule has 10 atom stereocenters. The van der Waals surface area contributed by atoms with E-state index in [-0.39, 0.29) is 18.4 Å². The van der Waals surface area contributed by atoms with Gasteiger partial charge < -0.3 is 39.7 Å². The lowest BCUT2D eigenvalue weighted by Gasteiger charge is -2.39. The van der Waals surface area contributed by atoms with Crippen LogP contribution in [0, 0.1) is 17.8 Å². The second-order valence-electron chi connectivity index (χ2n) is 8.80. The van der Waals surface area contributed by atoms with Crippen LogP contribution in [0.25, 0.3) is 0 Å². The van der Waals surface area contributed by atoms with Crippen molar-refractivity contribution < 1.29 is 49.3 Å². The molecule has 0 radical (unpaired) electrons. The summed E-state index contributed by atoms with van der Waals surface area (Å²) >= 11 is 0. The van der Waals surface area contributed by atoms with Gasteiger partial charge in [-0.25, -0.2) is 0 Å². The summed E-state index contributed by atoms with van der Waals surface area (Å²) in [5.74, 6) is -2.32. The second-order valence-corrected chi connectivity index (χ2v) is 8.80. The van der Waals surface area contributed by atoms with E-state index < -0.39 is 67.3 Å². The van der Waals surface area contributed by atoms with Gasteiger partial charge in [-0.1, -0.05) is 12.5 Å². The molecule has 2 aliphatic heterocycles. The Kier molecular flexibility index (Phi) is 6.08. The molecule has 10 nitrogen and oxygen atoms in total. The summed E-state index contributed by atoms with van der Waals surface area (Å²) in [6, 6.07) is 0. The van der Waals surface area contributed by atoms with Crippen molar-refractivity contribution >= 4 is 11.8 Å². The van der Waals surface area contributed by atoms with Gasteiger partial charge in [0.15, 0.2) is 12.1 Å². The molecule has 31 heavy (non-hydrogen) atoms. The predicted octanol–water partition coefficient (Wildman–Crippen LogP) is -1.81. The number of allylic oxidation sites excluding steroid dienone is 1. The highest BCUT2D eigenvalue weighted by molar-refractivity contribution is 6.09. The van der Waals surface area contributed by atoms with Gasteiger partial charge in [0.05, 0.1) is 25.2 Å². The lowest BCUT2D eigenvalue weighted by Crippen LogP contribution is -2.59. The maximum atomic E-state index is 12.7. The van der Waals surface area contributed by atoms with Gasteiger partial charge in [-0.05, 0) is 18.6 Å². The Bertz CT molecular complexity index is 817. The number of rotatable bonds is 4. The van der Waals surface area contributed by atoms with Gasteiger partial charge in [0.1, 0.15) is 30.5 Å². The Morgan fingerprint density at radius 3 is 2.48 bits per heavy atom. The van der Waals surface area contributed by atoms with E-state index >= 15 is 0 Å². The van der Waals surface area contributed by atoms with E-state index in [4.69, 9.17) is 14.2 Å². The minimum Gasteiger partial charge on any atom is -0.461 e. The third-order valence-electron chi connectivity index (χ3n) is 6.90. The molecule has 2 fully saturated rings. The fourth-order valence-corrected chi connectivity index (χ4v) is 5.20. The molecule has 2 aliphatic carbocycles. The van der Waals surface area contributed by atoms with Crippen LogP contribution < -0.4 is 0 Å². The molecule has 10 heteroatoms. The van der Waals surface area contributed by atoms with Crippen molar-refractivity contribution in [1.82, 2.24) is 0 Å². The zero-order valence-corrected chi connectivity index (χ0v) is 17.2. The summed E-state index contributed by atoms with van der Waals surface area (Å²) in [6.07, 6.45) is -6.95. The van der Waals surface area contributed by atoms with Crippen LogP contribution in [-0.4, -0.2) is 93.4 Å². The summed E-state index contributed by atoms with van der Waals surface area (Å²) in [5, 5.41) is 50.5. The van der Waals surface area contributed by atoms with Crippen LogP contribution in [-0.2, 0) is 23.8 Å². The third kappa shape index (κ3) is 3.66. The maximum absolute atomic E-state index is 12.7. The van der Waals surface area contributed by atoms with E-state index in [1.54, 1.807) is 13.8 Å². The van der Waals surface area contributed by atoms with Gasteiger partial charge in [-0.3, -0.25) is 9.59 Å². The molecule has 0 aromatic rings. The number of fused-ring (bicyclic) bond motifs is 2. The van der Waals surface area contributed by atoms with Gasteiger partial charge in [0.2, 0.25) is 0 Å². The van der Waals surface area contributed by atoms with Crippen LogP contribution in [0.3, 0.4) is 0 Å². The highest BCUT2D eigenvalue weighted by Crippen LogP contribution is 2.47. The smallest absolute Gasteiger partial charge is 0.309 e. The predicted molar refractivity (Wildman–Crippen MR) is 102 cm³/mol. The SMILES string of the molecule is CC1=C2C(=O)C=C(COC3OC(CO)C(O)C(O)C3O)C2C(O)C2C(C1)OC(=O)C2C. The largest absolute Gasteiger partial charge is 0.461 e. The number of esters is 1. The van der Waals surface area contributed by atoms with Crippen molar-refractivity contribution in [2.24, 2.45) is 17.8 Å². The van der Waals surface area contributed by atoms with E-state index in [0.717, 1.165) is 5.57 Å². The Morgan fingerprint density at radius 1 is 1.10 bits per heavy atom. The molecule has 0 saturated carbocycles. The van der Waals surface area contributed by atoms with Crippen LogP contribution in [0.4, 0.5) is 0 Å². The van der Waals surface area contributed by atoms with Gasteiger partial charge >= 0.3 is 5.97 Å². The average Bonchev–Trinajstić information content (AvgIpc) is 3.17. The van der Waals surface area contributed by atoms with Gasteiger partial charge in [0.25, 0.3) is 0 Å². The molecule has 4 rings (SSSR count). The number of hydrogen-bond acceptors (Lipinski definition) is 10. The second kappa shape index (κ2) is 8.36. The van der Waals surface area contributed by atoms with Crippen LogP contribution in [0.2, 0.25) is 0 Å². The highest BCUT2D eigenvalue weighted by Gasteiger charge is 2.53. The standard InChI is InChI=1S/C21H28O10/c1-7-3-11-14(8(2)20(28)30-11)17(25)15-9(4-10(23)13(7)15)6-29-21-19(27)18(26)16(24)12(5-22)31-21/h4,8,11-12,14-19,21-22,24-27H,3,5-6H2,1-2H3. The van der Waals surface area contributed by atoms with E-state index in [0.29, 0.717) is 17.6 Å². The van der Waals surface area contributed by atoms with Crippen LogP contribution in [0.1, 0.15) is 20.3 Å². The molecule has 2 saturated heterocycles. The first kappa shape index (κ1) is 22.5. The summed E-state index contributed by atoms with van der Waals surface area (Å²) < 4.78 is 16.4. The number of carbonyl (C=O) groups is 2. The molecule has 0 amide bonds. The first-order valence-electron chi connectivity index (χ1n) is 10.4. The maximum Gasteiger partial charge on any atom is 0.309 e. The molecule has 4 aliphatic rings. The van der Waals surface area contributed by atoms with Crippen LogP contribution in [0.5, 0.6) is 0 Å². The van der Waals surface area contributed by atoms with Crippen molar-refractivity contribution in [3.8, 4) is 0 Å². The summed E-state index contributed by atoms with van der Waals surface area (Å²) in [6.45, 7) is 2.68. The molecule has 2 heterocycles. The van der Waals surface area contributed by atoms with Gasteiger partial charge in [0, 0.05) is 23.8 Å². The number of aliphatic hydroxyl groups is 5. The van der Waals surface area contributed by atoms with E-state index in [1.807, 2.05) is 0 Å². The van der Waals surface area contributed by atoms with Crippen molar-refractivity contribution in [3.05, 3.63) is 22.8 Å². The molecule has 172 valence electrons. The monoisotopic (exact) mass is 440 g/mol. The minimum absolute atomic E-state index is 0.201. The normalized spacial score (nSPS) is 45.2. The van der Waals surface area contributed by atoms with E-state index in [9.17, 15) is 35.1 Å². The molecule has 10 unspecified atom stereocenters. The molecular formula is C21H28O10. The van der Waals surface area contributed by atoms with Crippen molar-refractivity contribution in [2.45, 2.75) is 63.2 Å². The summed E-state index contributed by atoms with van der Waals surface area (Å²) in [7, 11) is 0. The zero-order chi connectivity index (χ0) is 22.6. The number of carbonyl (C=O) groups excluding carboxylic acids is 2. The average molecular weight is 440 g/mol. The summed E-state index contributed by atoms with van der Waals surface area (Å²) in [5.41, 5.74) is 1.65. The fourth-order valence-electron chi connectivity index (χ4n) is 5.20. The number of aliphatic hydroxyl groups excluding tert-OH is 5. The number of ketones is 1. The van der Waals surface area contributed by atoms with E-state index in [2.05, 4.69) is 0 Å². The summed E-state index contributed by atoms with van der Waals surface area (Å²) in [4.78, 5) is 24.8. The van der Waals surface area contributed by atoms with Gasteiger partial charge in [-0.15, -0.1) is 0 Å². The molecular weight excluding hydrogens is 412 g/mol. The Balaban J connectivity index is 1.54. The highest BCUT2D eigenvalue weighted by atomic mass is 16.7. The lowest BCUT2D eigenvalue weighted by atomic mass is 9.79. The third-order valence-corrected chi connectivity index (χ3v) is 6.90. The Labute approximate surface area is 178 Å². The zero-order valence-electron chi connectivity index (χ0n) is 17.2. The molecule has 0 aromatic carbocycles. The van der Waals surface area contributed by atoms with E-state index in [1.165, 1.54) is 6.08 Å². The van der Waals surface area contributed by atoms with Crippen molar-refractivity contribution in [2.75, 3.05) is 13.2 Å². The van der Waals surface area contributed by atoms with Crippen molar-refractivity contribution in [1.29, 1.82) is 0 Å². The fraction of sp³-hybridized carbons (Fsp3) is 0.714. The minimum atomic E-state index is -1.58. The molecule has 5 N–H and O–H groups in total. The number of hydrogen-bond donors (Lipinski definition) is 5. The first-order valence-corrected chi connectivity index (χ1v) is 10.4. The number of ether oxygens (including phenoxy) is 3.